The molecule has 2 heterocycles. The Kier molecular flexibility index (Phi) is 7.13. The Morgan fingerprint density at radius 1 is 1.15 bits per heavy atom. The fourth-order valence-corrected chi connectivity index (χ4v) is 5.79. The summed E-state index contributed by atoms with van der Waals surface area (Å²) in [6.07, 6.45) is 4.30. The molecular weight excluding hydrogens is 448 g/mol. The summed E-state index contributed by atoms with van der Waals surface area (Å²) < 4.78 is 7.44. The summed E-state index contributed by atoms with van der Waals surface area (Å²) in [5.41, 5.74) is 8.66. The number of fused-ring (bicyclic) bond motifs is 1. The first kappa shape index (κ1) is 22.9. The molecule has 2 aromatic carbocycles. The van der Waals surface area contributed by atoms with Gasteiger partial charge in [-0.1, -0.05) is 54.6 Å². The Labute approximate surface area is 203 Å². The largest absolute Gasteiger partial charge is 0.497 e. The Morgan fingerprint density at radius 2 is 2.03 bits per heavy atom. The van der Waals surface area contributed by atoms with Crippen molar-refractivity contribution in [2.45, 2.75) is 49.5 Å². The van der Waals surface area contributed by atoms with E-state index in [0.29, 0.717) is 24.3 Å². The normalized spacial score (nSPS) is 21.4. The highest BCUT2D eigenvalue weighted by atomic mass is 32.2. The minimum absolute atomic E-state index is 0.000345. The number of hydrazine groups is 1. The highest BCUT2D eigenvalue weighted by molar-refractivity contribution is 7.99. The van der Waals surface area contributed by atoms with Crippen LogP contribution in [0.5, 0.6) is 5.75 Å². The zero-order valence-electron chi connectivity index (χ0n) is 19.2. The van der Waals surface area contributed by atoms with Crippen LogP contribution < -0.4 is 20.9 Å². The molecule has 0 radical (unpaired) electrons. The van der Waals surface area contributed by atoms with Gasteiger partial charge in [0.05, 0.1) is 19.3 Å². The number of thioether (sulfide) groups is 1. The van der Waals surface area contributed by atoms with Crippen molar-refractivity contribution in [1.29, 1.82) is 0 Å². The number of rotatable bonds is 9. The second-order valence-electron chi connectivity index (χ2n) is 8.71. The van der Waals surface area contributed by atoms with Crippen molar-refractivity contribution in [3.05, 3.63) is 66.0 Å². The van der Waals surface area contributed by atoms with Gasteiger partial charge in [-0.05, 0) is 37.0 Å². The van der Waals surface area contributed by atoms with E-state index in [0.717, 1.165) is 41.6 Å². The van der Waals surface area contributed by atoms with Gasteiger partial charge in [-0.25, -0.2) is 5.43 Å². The molecule has 1 aliphatic heterocycles. The number of carbonyl (C=O) groups is 1. The van der Waals surface area contributed by atoms with E-state index in [1.54, 1.807) is 18.9 Å². The topological polar surface area (TPSA) is 93.1 Å². The predicted octanol–water partition coefficient (Wildman–Crippen LogP) is 2.87. The Morgan fingerprint density at radius 3 is 2.88 bits per heavy atom. The third-order valence-corrected chi connectivity index (χ3v) is 7.53. The molecule has 0 bridgehead atoms. The van der Waals surface area contributed by atoms with E-state index in [4.69, 9.17) is 4.74 Å². The quantitative estimate of drug-likeness (QED) is 0.407. The molecule has 1 saturated heterocycles. The smallest absolute Gasteiger partial charge is 0.239 e. The van der Waals surface area contributed by atoms with Gasteiger partial charge >= 0.3 is 0 Å². The molecule has 1 aromatic heterocycles. The molecule has 3 aromatic rings. The van der Waals surface area contributed by atoms with Crippen LogP contribution in [0.2, 0.25) is 0 Å². The van der Waals surface area contributed by atoms with E-state index in [-0.39, 0.29) is 11.9 Å². The van der Waals surface area contributed by atoms with Crippen molar-refractivity contribution < 1.29 is 9.53 Å². The molecule has 9 heteroatoms. The number of ether oxygens (including phenoxy) is 1. The van der Waals surface area contributed by atoms with Gasteiger partial charge in [0, 0.05) is 23.8 Å². The number of hydrogen-bond acceptors (Lipinski definition) is 7. The summed E-state index contributed by atoms with van der Waals surface area (Å²) in [5, 5.41) is 12.8. The molecule has 5 rings (SSSR count). The molecule has 1 aliphatic carbocycles. The maximum absolute atomic E-state index is 12.9. The molecule has 2 aliphatic rings. The van der Waals surface area contributed by atoms with Gasteiger partial charge in [0.2, 0.25) is 5.91 Å². The lowest BCUT2D eigenvalue weighted by Crippen LogP contribution is -2.45. The lowest BCUT2D eigenvalue weighted by atomic mass is 9.97. The van der Waals surface area contributed by atoms with E-state index in [2.05, 4.69) is 50.6 Å². The highest BCUT2D eigenvalue weighted by Crippen LogP contribution is 2.31. The van der Waals surface area contributed by atoms with Gasteiger partial charge in [0.1, 0.15) is 11.8 Å². The first-order valence-electron chi connectivity index (χ1n) is 11.8. The van der Waals surface area contributed by atoms with Crippen molar-refractivity contribution in [2.24, 2.45) is 5.92 Å². The Balaban J connectivity index is 1.32. The summed E-state index contributed by atoms with van der Waals surface area (Å²) in [6, 6.07) is 18.4. The standard InChI is InChI=1S/C25H30N6O2S/c1-33-19-10-5-9-18(15-19)31-22(16-26-24(32)23-20-11-6-12-21(20)27-29-23)28-30-25(31)34-14-13-17-7-3-2-4-8-17/h2-5,7-10,15,20-21,23,27,29H,6,11-14,16H2,1H3,(H,26,32). The molecule has 2 fully saturated rings. The molecule has 8 nitrogen and oxygen atoms in total. The molecule has 3 atom stereocenters. The van der Waals surface area contributed by atoms with Crippen LogP contribution in [0.3, 0.4) is 0 Å². The number of amides is 1. The van der Waals surface area contributed by atoms with Crippen LogP contribution in [0.4, 0.5) is 0 Å². The molecule has 1 saturated carbocycles. The number of nitrogens with zero attached hydrogens (tertiary/aromatic N) is 3. The summed E-state index contributed by atoms with van der Waals surface area (Å²) in [4.78, 5) is 12.9. The fraction of sp³-hybridized carbons (Fsp3) is 0.400. The summed E-state index contributed by atoms with van der Waals surface area (Å²) in [7, 11) is 1.65. The zero-order valence-corrected chi connectivity index (χ0v) is 20.1. The van der Waals surface area contributed by atoms with Gasteiger partial charge < -0.3 is 10.1 Å². The average molecular weight is 479 g/mol. The molecule has 3 unspecified atom stereocenters. The van der Waals surface area contributed by atoms with Crippen LogP contribution in [0, 0.1) is 5.92 Å². The van der Waals surface area contributed by atoms with Gasteiger partial charge in [0.25, 0.3) is 0 Å². The Hall–Kier alpha value is -2.88. The van der Waals surface area contributed by atoms with Gasteiger partial charge in [0.15, 0.2) is 11.0 Å². The fourth-order valence-electron chi connectivity index (χ4n) is 4.83. The molecule has 1 amide bonds. The van der Waals surface area contributed by atoms with Crippen molar-refractivity contribution in [3.63, 3.8) is 0 Å². The minimum Gasteiger partial charge on any atom is -0.497 e. The third kappa shape index (κ3) is 4.96. The number of methoxy groups -OCH3 is 1. The average Bonchev–Trinajstić information content (AvgIpc) is 3.59. The van der Waals surface area contributed by atoms with E-state index in [1.165, 1.54) is 12.0 Å². The zero-order chi connectivity index (χ0) is 23.3. The van der Waals surface area contributed by atoms with Crippen LogP contribution >= 0.6 is 11.8 Å². The van der Waals surface area contributed by atoms with Crippen LogP contribution in [-0.4, -0.2) is 45.6 Å². The summed E-state index contributed by atoms with van der Waals surface area (Å²) >= 11 is 1.66. The third-order valence-electron chi connectivity index (χ3n) is 6.60. The number of carbonyl (C=O) groups excluding carboxylic acids is 1. The Bertz CT molecular complexity index is 1120. The van der Waals surface area contributed by atoms with Crippen molar-refractivity contribution in [2.75, 3.05) is 12.9 Å². The molecule has 3 N–H and O–H groups in total. The van der Waals surface area contributed by atoms with Crippen molar-refractivity contribution in [1.82, 2.24) is 30.9 Å². The lowest BCUT2D eigenvalue weighted by molar-refractivity contribution is -0.124. The van der Waals surface area contributed by atoms with Crippen LogP contribution in [-0.2, 0) is 17.8 Å². The van der Waals surface area contributed by atoms with Gasteiger partial charge in [-0.3, -0.25) is 14.8 Å². The molecular formula is C25H30N6O2S. The van der Waals surface area contributed by atoms with E-state index >= 15 is 0 Å². The highest BCUT2D eigenvalue weighted by Gasteiger charge is 2.42. The number of nitrogens with one attached hydrogen (secondary N) is 3. The van der Waals surface area contributed by atoms with E-state index < -0.39 is 0 Å². The van der Waals surface area contributed by atoms with Crippen molar-refractivity contribution >= 4 is 17.7 Å². The first-order valence-corrected chi connectivity index (χ1v) is 12.8. The number of hydrogen-bond donors (Lipinski definition) is 3. The maximum atomic E-state index is 12.9. The minimum atomic E-state index is -0.208. The monoisotopic (exact) mass is 478 g/mol. The second kappa shape index (κ2) is 10.6. The van der Waals surface area contributed by atoms with E-state index in [9.17, 15) is 4.79 Å². The summed E-state index contributed by atoms with van der Waals surface area (Å²) in [5.74, 6) is 2.67. The van der Waals surface area contributed by atoms with Crippen molar-refractivity contribution in [3.8, 4) is 11.4 Å². The van der Waals surface area contributed by atoms with Gasteiger partial charge in [-0.2, -0.15) is 0 Å². The summed E-state index contributed by atoms with van der Waals surface area (Å²) in [6.45, 7) is 0.303. The molecule has 178 valence electrons. The second-order valence-corrected chi connectivity index (χ2v) is 9.77. The SMILES string of the molecule is COc1cccc(-n2c(CNC(=O)C3NNC4CCCC43)nnc2SCCc2ccccc2)c1. The molecule has 34 heavy (non-hydrogen) atoms. The van der Waals surface area contributed by atoms with Crippen LogP contribution in [0.25, 0.3) is 5.69 Å². The molecule has 0 spiro atoms. The van der Waals surface area contributed by atoms with E-state index in [1.807, 2.05) is 34.9 Å². The predicted molar refractivity (Wildman–Crippen MR) is 132 cm³/mol. The van der Waals surface area contributed by atoms with Crippen LogP contribution in [0.1, 0.15) is 30.7 Å². The number of aryl methyl sites for hydroxylation is 1. The lowest BCUT2D eigenvalue weighted by Gasteiger charge is -2.17. The van der Waals surface area contributed by atoms with Gasteiger partial charge in [-0.15, -0.1) is 10.2 Å². The number of aromatic nitrogens is 3. The maximum Gasteiger partial charge on any atom is 0.239 e. The first-order chi connectivity index (χ1) is 16.7. The number of benzene rings is 2. The van der Waals surface area contributed by atoms with Crippen LogP contribution in [0.15, 0.2) is 59.8 Å².